The van der Waals surface area contributed by atoms with Crippen molar-refractivity contribution >= 4 is 5.91 Å². The lowest BCUT2D eigenvalue weighted by atomic mass is 10.00. The number of aliphatic hydroxyl groups is 1. The number of β-amino-alcohol motifs (C(OH)–C–C–N with tert-alkyl or cyclic N) is 1. The van der Waals surface area contributed by atoms with Gasteiger partial charge >= 0.3 is 0 Å². The lowest BCUT2D eigenvalue weighted by Crippen LogP contribution is -2.29. The van der Waals surface area contributed by atoms with E-state index in [0.29, 0.717) is 32.5 Å². The second-order valence-electron chi connectivity index (χ2n) is 5.91. The molecule has 1 amide bonds. The summed E-state index contributed by atoms with van der Waals surface area (Å²) >= 11 is 0. The summed E-state index contributed by atoms with van der Waals surface area (Å²) in [5.74, 6) is 0.150. The van der Waals surface area contributed by atoms with Gasteiger partial charge in [-0.25, -0.2) is 4.98 Å². The third-order valence-corrected chi connectivity index (χ3v) is 4.20. The van der Waals surface area contributed by atoms with Crippen molar-refractivity contribution < 1.29 is 9.90 Å². The number of aromatic nitrogens is 4. The number of pyridine rings is 1. The van der Waals surface area contributed by atoms with Gasteiger partial charge in [0.25, 0.3) is 0 Å². The number of carbonyl (C=O) groups excluding carboxylic acids is 1. The van der Waals surface area contributed by atoms with Crippen molar-refractivity contribution in [3.63, 3.8) is 0 Å². The van der Waals surface area contributed by atoms with E-state index in [9.17, 15) is 9.90 Å². The summed E-state index contributed by atoms with van der Waals surface area (Å²) < 4.78 is 1.72. The first kappa shape index (κ1) is 15.6. The predicted molar refractivity (Wildman–Crippen MR) is 83.3 cm³/mol. The van der Waals surface area contributed by atoms with Crippen LogP contribution in [-0.4, -0.2) is 54.9 Å². The zero-order valence-electron chi connectivity index (χ0n) is 13.0. The summed E-state index contributed by atoms with van der Waals surface area (Å²) in [6.45, 7) is 1.69. The molecule has 122 valence electrons. The average molecular weight is 315 g/mol. The van der Waals surface area contributed by atoms with Gasteiger partial charge in [-0.05, 0) is 25.0 Å². The van der Waals surface area contributed by atoms with Gasteiger partial charge < -0.3 is 10.0 Å². The maximum Gasteiger partial charge on any atom is 0.222 e. The molecule has 3 heterocycles. The molecule has 7 nitrogen and oxygen atoms in total. The maximum absolute atomic E-state index is 12.3. The first-order valence-electron chi connectivity index (χ1n) is 7.90. The molecule has 7 heteroatoms. The lowest BCUT2D eigenvalue weighted by Gasteiger charge is -2.16. The Hall–Kier alpha value is -2.28. The number of rotatable bonds is 6. The fraction of sp³-hybridized carbons (Fsp3) is 0.500. The van der Waals surface area contributed by atoms with E-state index in [4.69, 9.17) is 0 Å². The van der Waals surface area contributed by atoms with Crippen LogP contribution in [0.3, 0.4) is 0 Å². The molecule has 3 rings (SSSR count). The first-order chi connectivity index (χ1) is 11.2. The molecule has 0 saturated carbocycles. The highest BCUT2D eigenvalue weighted by Gasteiger charge is 2.33. The molecule has 0 aromatic carbocycles. The number of amides is 1. The van der Waals surface area contributed by atoms with Gasteiger partial charge in [-0.2, -0.15) is 5.10 Å². The highest BCUT2D eigenvalue weighted by molar-refractivity contribution is 5.76. The van der Waals surface area contributed by atoms with Crippen LogP contribution < -0.4 is 0 Å². The summed E-state index contributed by atoms with van der Waals surface area (Å²) in [4.78, 5) is 22.2. The van der Waals surface area contributed by atoms with Crippen LogP contribution in [0, 0.1) is 5.92 Å². The molecule has 1 saturated heterocycles. The van der Waals surface area contributed by atoms with Gasteiger partial charge in [0.1, 0.15) is 12.7 Å². The number of nitrogens with zero attached hydrogens (tertiary/aromatic N) is 5. The number of hydrogen-bond donors (Lipinski definition) is 1. The third-order valence-electron chi connectivity index (χ3n) is 4.20. The average Bonchev–Trinajstić information content (AvgIpc) is 3.19. The summed E-state index contributed by atoms with van der Waals surface area (Å²) in [5, 5.41) is 14.2. The Morgan fingerprint density at radius 3 is 3.00 bits per heavy atom. The van der Waals surface area contributed by atoms with Crippen LogP contribution in [0.2, 0.25) is 0 Å². The quantitative estimate of drug-likeness (QED) is 0.840. The molecule has 0 radical (unpaired) electrons. The van der Waals surface area contributed by atoms with Crippen LogP contribution >= 0.6 is 0 Å². The zero-order valence-corrected chi connectivity index (χ0v) is 13.0. The molecule has 1 fully saturated rings. The molecule has 2 aromatic heterocycles. The van der Waals surface area contributed by atoms with E-state index in [1.165, 1.54) is 6.33 Å². The van der Waals surface area contributed by atoms with Gasteiger partial charge in [0.05, 0.1) is 6.10 Å². The van der Waals surface area contributed by atoms with E-state index >= 15 is 0 Å². The Kier molecular flexibility index (Phi) is 4.97. The van der Waals surface area contributed by atoms with Crippen LogP contribution in [0.25, 0.3) is 0 Å². The number of hydrogen-bond acceptors (Lipinski definition) is 5. The Morgan fingerprint density at radius 1 is 1.35 bits per heavy atom. The van der Waals surface area contributed by atoms with Gasteiger partial charge in [-0.3, -0.25) is 14.5 Å². The van der Waals surface area contributed by atoms with Crippen molar-refractivity contribution in [2.75, 3.05) is 13.1 Å². The van der Waals surface area contributed by atoms with Crippen LogP contribution in [0.5, 0.6) is 0 Å². The molecule has 0 aliphatic carbocycles. The largest absolute Gasteiger partial charge is 0.391 e. The van der Waals surface area contributed by atoms with Gasteiger partial charge in [0.2, 0.25) is 5.91 Å². The molecule has 0 bridgehead atoms. The Labute approximate surface area is 135 Å². The smallest absolute Gasteiger partial charge is 0.222 e. The van der Waals surface area contributed by atoms with Crippen molar-refractivity contribution in [3.8, 4) is 0 Å². The van der Waals surface area contributed by atoms with E-state index in [2.05, 4.69) is 15.1 Å². The molecule has 1 aliphatic rings. The highest BCUT2D eigenvalue weighted by atomic mass is 16.3. The maximum atomic E-state index is 12.3. The second kappa shape index (κ2) is 7.32. The van der Waals surface area contributed by atoms with Gasteiger partial charge in [0.15, 0.2) is 0 Å². The Balaban J connectivity index is 1.46. The topological polar surface area (TPSA) is 84.1 Å². The fourth-order valence-electron chi connectivity index (χ4n) is 2.94. The summed E-state index contributed by atoms with van der Waals surface area (Å²) in [5.41, 5.74) is 0.956. The minimum atomic E-state index is -0.476. The van der Waals surface area contributed by atoms with Crippen molar-refractivity contribution in [3.05, 3.63) is 42.7 Å². The molecule has 1 aliphatic heterocycles. The second-order valence-corrected chi connectivity index (χ2v) is 5.91. The zero-order chi connectivity index (χ0) is 16.1. The summed E-state index contributed by atoms with van der Waals surface area (Å²) in [6, 6.07) is 5.77. The van der Waals surface area contributed by atoms with E-state index in [1.807, 2.05) is 18.2 Å². The molecular weight excluding hydrogens is 294 g/mol. The van der Waals surface area contributed by atoms with E-state index in [0.717, 1.165) is 12.1 Å². The van der Waals surface area contributed by atoms with Gasteiger partial charge in [0, 0.05) is 43.9 Å². The Morgan fingerprint density at radius 2 is 2.26 bits per heavy atom. The number of aryl methyl sites for hydroxylation is 1. The molecule has 2 atom stereocenters. The highest BCUT2D eigenvalue weighted by Crippen LogP contribution is 2.21. The van der Waals surface area contributed by atoms with E-state index in [1.54, 1.807) is 22.1 Å². The Bertz CT molecular complexity index is 617. The molecular formula is C16H21N5O2. The molecule has 0 spiro atoms. The van der Waals surface area contributed by atoms with Gasteiger partial charge in [-0.1, -0.05) is 6.07 Å². The molecule has 23 heavy (non-hydrogen) atoms. The normalized spacial score (nSPS) is 20.8. The number of aliphatic hydroxyl groups excluding tert-OH is 1. The number of likely N-dealkylation sites (tertiary alicyclic amines) is 1. The first-order valence-corrected chi connectivity index (χ1v) is 7.90. The number of carbonyl (C=O) groups is 1. The standard InChI is InChI=1S/C16H21N5O2/c22-15-10-20(9-13(15)8-14-4-1-2-6-18-14)16(23)5-3-7-21-12-17-11-19-21/h1-2,4,6,11-13,15,22H,3,5,7-10H2/t13-,15-/m1/s1. The van der Waals surface area contributed by atoms with Crippen LogP contribution in [0.1, 0.15) is 18.5 Å². The van der Waals surface area contributed by atoms with Crippen LogP contribution in [-0.2, 0) is 17.8 Å². The molecule has 2 aromatic rings. The van der Waals surface area contributed by atoms with Crippen LogP contribution in [0.4, 0.5) is 0 Å². The summed E-state index contributed by atoms with van der Waals surface area (Å²) in [7, 11) is 0. The van der Waals surface area contributed by atoms with Crippen molar-refractivity contribution in [1.82, 2.24) is 24.6 Å². The molecule has 0 unspecified atom stereocenters. The van der Waals surface area contributed by atoms with E-state index < -0.39 is 6.10 Å². The van der Waals surface area contributed by atoms with Crippen molar-refractivity contribution in [2.45, 2.75) is 31.9 Å². The minimum absolute atomic E-state index is 0.0594. The monoisotopic (exact) mass is 315 g/mol. The molecule has 1 N–H and O–H groups in total. The minimum Gasteiger partial charge on any atom is -0.391 e. The van der Waals surface area contributed by atoms with Crippen LogP contribution in [0.15, 0.2) is 37.1 Å². The van der Waals surface area contributed by atoms with E-state index in [-0.39, 0.29) is 11.8 Å². The third kappa shape index (κ3) is 4.13. The van der Waals surface area contributed by atoms with Crippen molar-refractivity contribution in [1.29, 1.82) is 0 Å². The predicted octanol–water partition coefficient (Wildman–Crippen LogP) is 0.515. The summed E-state index contributed by atoms with van der Waals surface area (Å²) in [6.07, 6.45) is 6.29. The van der Waals surface area contributed by atoms with Gasteiger partial charge in [-0.15, -0.1) is 0 Å². The SMILES string of the molecule is O=C(CCCn1cncn1)N1C[C@@H](Cc2ccccn2)[C@H](O)C1. The fourth-order valence-corrected chi connectivity index (χ4v) is 2.94. The lowest BCUT2D eigenvalue weighted by molar-refractivity contribution is -0.130. The van der Waals surface area contributed by atoms with Crippen molar-refractivity contribution in [2.24, 2.45) is 5.92 Å².